The molecule has 2 N–H and O–H groups in total. The van der Waals surface area contributed by atoms with Crippen LogP contribution in [0.15, 0.2) is 54.3 Å². The third-order valence-electron chi connectivity index (χ3n) is 4.35. The van der Waals surface area contributed by atoms with E-state index < -0.39 is 28.9 Å². The van der Waals surface area contributed by atoms with Gasteiger partial charge in [0.1, 0.15) is 5.92 Å². The van der Waals surface area contributed by atoms with E-state index in [-0.39, 0.29) is 0 Å². The van der Waals surface area contributed by atoms with Crippen molar-refractivity contribution in [1.82, 2.24) is 10.6 Å². The minimum atomic E-state index is -0.728. The monoisotopic (exact) mass is 700 g/mol. The number of likely N-dealkylation sites (N-methyl/N-ethyl adjacent to an activating group) is 2. The molecule has 12 heteroatoms. The highest BCUT2D eigenvalue weighted by atomic mass is 79.9. The molecule has 0 heterocycles. The van der Waals surface area contributed by atoms with E-state index in [2.05, 4.69) is 92.6 Å². The molecular formula is C20H24Br4N4O4. The van der Waals surface area contributed by atoms with Crippen molar-refractivity contribution in [2.24, 2.45) is 0 Å². The minimum Gasteiger partial charge on any atom is -0.319 e. The molecule has 0 aliphatic rings. The molecule has 2 rings (SSSR count). The first-order chi connectivity index (χ1) is 15.0. The van der Waals surface area contributed by atoms with E-state index >= 15 is 0 Å². The number of nitrogens with zero attached hydrogens (tertiary/aromatic N) is 2. The lowest BCUT2D eigenvalue weighted by atomic mass is 9.99. The summed E-state index contributed by atoms with van der Waals surface area (Å²) < 4.78 is 3.67. The minimum absolute atomic E-state index is 0.454. The molecule has 0 unspecified atom stereocenters. The molecule has 32 heavy (non-hydrogen) atoms. The lowest BCUT2D eigenvalue weighted by Gasteiger charge is -2.17. The van der Waals surface area contributed by atoms with Crippen molar-refractivity contribution < 1.29 is 9.85 Å². The van der Waals surface area contributed by atoms with Crippen LogP contribution in [0.25, 0.3) is 0 Å². The van der Waals surface area contributed by atoms with Crippen molar-refractivity contribution in [2.75, 3.05) is 40.3 Å². The lowest BCUT2D eigenvalue weighted by molar-refractivity contribution is -0.516. The van der Waals surface area contributed by atoms with Gasteiger partial charge in [-0.1, -0.05) is 63.7 Å². The first-order valence-corrected chi connectivity index (χ1v) is 12.7. The molecule has 0 radical (unpaired) electrons. The predicted molar refractivity (Wildman–Crippen MR) is 141 cm³/mol. The summed E-state index contributed by atoms with van der Waals surface area (Å²) in [6, 6.07) is 11.5. The Morgan fingerprint density at radius 2 is 1.00 bits per heavy atom. The van der Waals surface area contributed by atoms with Crippen LogP contribution in [0.2, 0.25) is 0 Å². The fourth-order valence-corrected chi connectivity index (χ4v) is 5.71. The molecule has 0 aromatic heterocycles. The summed E-state index contributed by atoms with van der Waals surface area (Å²) in [7, 11) is 3.96. The van der Waals surface area contributed by atoms with E-state index in [1.807, 2.05) is 14.1 Å². The lowest BCUT2D eigenvalue weighted by Crippen LogP contribution is -2.26. The van der Waals surface area contributed by atoms with Gasteiger partial charge < -0.3 is 10.6 Å². The average Bonchev–Trinajstić information content (AvgIpc) is 2.65. The Morgan fingerprint density at radius 1 is 0.688 bits per heavy atom. The number of nitrogens with one attached hydrogen (secondary N) is 2. The first kappa shape index (κ1) is 29.1. The molecule has 0 spiro atoms. The van der Waals surface area contributed by atoms with Crippen LogP contribution >= 0.6 is 63.7 Å². The SMILES string of the molecule is CNCC(CNC)c1cc(Br)cc(Br)c1.O=[N+]([O-])CC(C[N+](=O)[O-])c1cc(Br)cc(Br)c1. The fraction of sp³-hybridized carbons (Fsp3) is 0.400. The summed E-state index contributed by atoms with van der Waals surface area (Å²) in [4.78, 5) is 19.9. The summed E-state index contributed by atoms with van der Waals surface area (Å²) in [5.74, 6) is -0.234. The second-order valence-electron chi connectivity index (χ2n) is 6.95. The van der Waals surface area contributed by atoms with Gasteiger partial charge in [0.2, 0.25) is 13.1 Å². The summed E-state index contributed by atoms with van der Waals surface area (Å²) in [5.41, 5.74) is 1.90. The van der Waals surface area contributed by atoms with Gasteiger partial charge in [0, 0.05) is 46.7 Å². The van der Waals surface area contributed by atoms with Crippen LogP contribution in [0.3, 0.4) is 0 Å². The second-order valence-corrected chi connectivity index (χ2v) is 10.6. The predicted octanol–water partition coefficient (Wildman–Crippen LogP) is 5.58. The van der Waals surface area contributed by atoms with Gasteiger partial charge in [0.15, 0.2) is 0 Å². The van der Waals surface area contributed by atoms with E-state index in [9.17, 15) is 20.2 Å². The van der Waals surface area contributed by atoms with Crippen LogP contribution in [0.1, 0.15) is 23.0 Å². The van der Waals surface area contributed by atoms with Crippen LogP contribution in [-0.2, 0) is 0 Å². The number of nitro groups is 2. The second kappa shape index (κ2) is 15.1. The summed E-state index contributed by atoms with van der Waals surface area (Å²) in [6.07, 6.45) is 0. The topological polar surface area (TPSA) is 110 Å². The van der Waals surface area contributed by atoms with Crippen molar-refractivity contribution in [1.29, 1.82) is 0 Å². The van der Waals surface area contributed by atoms with Crippen LogP contribution in [0.5, 0.6) is 0 Å². The highest BCUT2D eigenvalue weighted by Gasteiger charge is 2.24. The molecule has 2 aromatic carbocycles. The quantitative estimate of drug-likeness (QED) is 0.247. The molecule has 8 nitrogen and oxygen atoms in total. The van der Waals surface area contributed by atoms with E-state index in [0.717, 1.165) is 31.0 Å². The summed E-state index contributed by atoms with van der Waals surface area (Å²) in [5, 5.41) is 27.4. The molecule has 0 bridgehead atoms. The highest BCUT2D eigenvalue weighted by molar-refractivity contribution is 9.11. The molecule has 0 saturated carbocycles. The van der Waals surface area contributed by atoms with Gasteiger partial charge in [-0.2, -0.15) is 0 Å². The van der Waals surface area contributed by atoms with E-state index in [0.29, 0.717) is 11.5 Å². The zero-order valence-corrected chi connectivity index (χ0v) is 23.8. The smallest absolute Gasteiger partial charge is 0.217 e. The molecule has 0 atom stereocenters. The van der Waals surface area contributed by atoms with Crippen molar-refractivity contribution in [3.8, 4) is 0 Å². The van der Waals surface area contributed by atoms with Gasteiger partial charge in [-0.25, -0.2) is 0 Å². The Hall–Kier alpha value is -0.920. The Morgan fingerprint density at radius 3 is 1.28 bits per heavy atom. The number of halogens is 4. The maximum absolute atomic E-state index is 10.5. The third-order valence-corrected chi connectivity index (χ3v) is 6.18. The highest BCUT2D eigenvalue weighted by Crippen LogP contribution is 2.26. The van der Waals surface area contributed by atoms with Crippen LogP contribution in [-0.4, -0.2) is 50.1 Å². The number of hydrogen-bond acceptors (Lipinski definition) is 6. The molecule has 0 amide bonds. The largest absolute Gasteiger partial charge is 0.319 e. The van der Waals surface area contributed by atoms with Crippen molar-refractivity contribution in [3.05, 3.63) is 85.6 Å². The van der Waals surface area contributed by atoms with E-state index in [1.165, 1.54) is 5.56 Å². The maximum Gasteiger partial charge on any atom is 0.217 e. The molecular weight excluding hydrogens is 680 g/mol. The molecule has 176 valence electrons. The molecule has 0 aliphatic carbocycles. The normalized spacial score (nSPS) is 10.8. The Labute approximate surface area is 220 Å². The fourth-order valence-electron chi connectivity index (χ4n) is 3.05. The third kappa shape index (κ3) is 11.3. The van der Waals surface area contributed by atoms with Gasteiger partial charge in [0.25, 0.3) is 0 Å². The van der Waals surface area contributed by atoms with Crippen LogP contribution < -0.4 is 10.6 Å². The van der Waals surface area contributed by atoms with Gasteiger partial charge in [0.05, 0.1) is 0 Å². The van der Waals surface area contributed by atoms with Gasteiger partial charge in [-0.3, -0.25) is 20.2 Å². The van der Waals surface area contributed by atoms with Gasteiger partial charge in [-0.05, 0) is 61.6 Å². The Kier molecular flexibility index (Phi) is 13.7. The van der Waals surface area contributed by atoms with E-state index in [1.54, 1.807) is 18.2 Å². The molecule has 2 aromatic rings. The first-order valence-electron chi connectivity index (χ1n) is 9.50. The number of hydrogen-bond donors (Lipinski definition) is 2. The molecule has 0 fully saturated rings. The zero-order valence-electron chi connectivity index (χ0n) is 17.5. The zero-order chi connectivity index (χ0) is 24.3. The maximum atomic E-state index is 10.5. The van der Waals surface area contributed by atoms with Crippen molar-refractivity contribution in [3.63, 3.8) is 0 Å². The molecule has 0 aliphatic heterocycles. The number of rotatable bonds is 10. The average molecular weight is 704 g/mol. The van der Waals surface area contributed by atoms with Crippen molar-refractivity contribution in [2.45, 2.75) is 11.8 Å². The Bertz CT molecular complexity index is 855. The number of benzene rings is 2. The Balaban J connectivity index is 0.000000323. The van der Waals surface area contributed by atoms with Crippen molar-refractivity contribution >= 4 is 63.7 Å². The standard InChI is InChI=1S/C11H16Br2N2.C9H8Br2N2O4/c1-14-6-9(7-15-2)8-3-10(12)5-11(13)4-8;10-8-1-6(2-9(11)3-8)7(4-12(14)15)5-13(16)17/h3-5,9,14-15H,6-7H2,1-2H3;1-3,7H,4-5H2. The van der Waals surface area contributed by atoms with Gasteiger partial charge in [-0.15, -0.1) is 0 Å². The van der Waals surface area contributed by atoms with E-state index in [4.69, 9.17) is 0 Å². The van der Waals surface area contributed by atoms with Crippen LogP contribution in [0, 0.1) is 20.2 Å². The molecule has 0 saturated heterocycles. The summed E-state index contributed by atoms with van der Waals surface area (Å²) >= 11 is 13.5. The van der Waals surface area contributed by atoms with Crippen LogP contribution in [0.4, 0.5) is 0 Å². The van der Waals surface area contributed by atoms with Gasteiger partial charge >= 0.3 is 0 Å². The summed E-state index contributed by atoms with van der Waals surface area (Å²) in [6.45, 7) is 1.04.